The molecule has 4 aromatic rings. The van der Waals surface area contributed by atoms with Gasteiger partial charge in [0.1, 0.15) is 0 Å². The number of hydrogen-bond acceptors (Lipinski definition) is 4. The number of H-pyrrole nitrogens is 1. The van der Waals surface area contributed by atoms with Gasteiger partial charge in [-0.15, -0.1) is 0 Å². The van der Waals surface area contributed by atoms with E-state index < -0.39 is 0 Å². The van der Waals surface area contributed by atoms with E-state index in [-0.39, 0.29) is 5.91 Å². The van der Waals surface area contributed by atoms with E-state index in [0.29, 0.717) is 22.2 Å². The molecule has 2 N–H and O–H groups in total. The van der Waals surface area contributed by atoms with E-state index in [1.807, 2.05) is 31.2 Å². The van der Waals surface area contributed by atoms with Crippen LogP contribution in [0, 0.1) is 6.92 Å². The van der Waals surface area contributed by atoms with Gasteiger partial charge in [-0.3, -0.25) is 14.6 Å². The van der Waals surface area contributed by atoms with Gasteiger partial charge in [0.15, 0.2) is 17.2 Å². The standard InChI is InChI=1S/C18H15ClN6O/c1-10-3-8-13-16(20-10)22-23-17(13)21-18(26)14-9-15(25(2)24-14)11-4-6-12(19)7-5-11/h3-9H,1-2H3,(H2,20,21,22,23,26). The van der Waals surface area contributed by atoms with E-state index in [2.05, 4.69) is 25.6 Å². The number of amides is 1. The van der Waals surface area contributed by atoms with Crippen molar-refractivity contribution in [1.82, 2.24) is 25.0 Å². The maximum atomic E-state index is 12.6. The van der Waals surface area contributed by atoms with E-state index in [1.165, 1.54) is 0 Å². The van der Waals surface area contributed by atoms with Crippen molar-refractivity contribution in [2.45, 2.75) is 6.92 Å². The summed E-state index contributed by atoms with van der Waals surface area (Å²) in [6.07, 6.45) is 0. The van der Waals surface area contributed by atoms with Gasteiger partial charge in [-0.05, 0) is 42.8 Å². The zero-order valence-electron chi connectivity index (χ0n) is 14.1. The molecule has 4 rings (SSSR count). The summed E-state index contributed by atoms with van der Waals surface area (Å²) in [4.78, 5) is 16.9. The minimum Gasteiger partial charge on any atom is -0.303 e. The minimum atomic E-state index is -0.338. The smallest absolute Gasteiger partial charge is 0.277 e. The fourth-order valence-corrected chi connectivity index (χ4v) is 2.86. The van der Waals surface area contributed by atoms with Gasteiger partial charge in [-0.25, -0.2) is 4.98 Å². The molecule has 8 heteroatoms. The van der Waals surface area contributed by atoms with Crippen LogP contribution >= 0.6 is 11.6 Å². The van der Waals surface area contributed by atoms with Crippen molar-refractivity contribution >= 4 is 34.4 Å². The Balaban J connectivity index is 1.62. The van der Waals surface area contributed by atoms with Crippen LogP contribution in [-0.2, 0) is 7.05 Å². The number of hydrogen-bond donors (Lipinski definition) is 2. The number of nitrogens with zero attached hydrogens (tertiary/aromatic N) is 4. The fraction of sp³-hybridized carbons (Fsp3) is 0.111. The molecule has 0 fully saturated rings. The summed E-state index contributed by atoms with van der Waals surface area (Å²) in [5.41, 5.74) is 3.54. The predicted octanol–water partition coefficient (Wildman–Crippen LogP) is 3.57. The zero-order chi connectivity index (χ0) is 18.3. The van der Waals surface area contributed by atoms with Crippen molar-refractivity contribution in [3.05, 3.63) is 58.9 Å². The Morgan fingerprint density at radius 3 is 2.73 bits per heavy atom. The molecule has 0 aliphatic heterocycles. The summed E-state index contributed by atoms with van der Waals surface area (Å²) in [6, 6.07) is 12.8. The number of aryl methyl sites for hydroxylation is 2. The van der Waals surface area contributed by atoms with Crippen LogP contribution in [0.4, 0.5) is 5.82 Å². The van der Waals surface area contributed by atoms with Crippen LogP contribution in [0.25, 0.3) is 22.3 Å². The Kier molecular flexibility index (Phi) is 3.93. The van der Waals surface area contributed by atoms with Gasteiger partial charge in [-0.2, -0.15) is 10.2 Å². The Labute approximate surface area is 154 Å². The molecule has 0 unspecified atom stereocenters. The number of aromatic nitrogens is 5. The summed E-state index contributed by atoms with van der Waals surface area (Å²) >= 11 is 5.93. The monoisotopic (exact) mass is 366 g/mol. The van der Waals surface area contributed by atoms with Gasteiger partial charge in [0, 0.05) is 17.8 Å². The molecule has 130 valence electrons. The summed E-state index contributed by atoms with van der Waals surface area (Å²) in [5, 5.41) is 15.4. The molecule has 1 amide bonds. The first-order chi connectivity index (χ1) is 12.5. The molecule has 7 nitrogen and oxygen atoms in total. The highest BCUT2D eigenvalue weighted by Gasteiger charge is 2.17. The highest BCUT2D eigenvalue weighted by Crippen LogP contribution is 2.23. The number of anilines is 1. The van der Waals surface area contributed by atoms with Gasteiger partial charge < -0.3 is 5.32 Å². The molecule has 0 saturated carbocycles. The number of halogens is 1. The SMILES string of the molecule is Cc1ccc2c(NC(=O)c3cc(-c4ccc(Cl)cc4)n(C)n3)n[nH]c2n1. The van der Waals surface area contributed by atoms with Crippen LogP contribution in [-0.4, -0.2) is 30.9 Å². The number of fused-ring (bicyclic) bond motifs is 1. The van der Waals surface area contributed by atoms with Crippen molar-refractivity contribution in [3.8, 4) is 11.3 Å². The number of carbonyl (C=O) groups excluding carboxylic acids is 1. The van der Waals surface area contributed by atoms with Crippen LogP contribution < -0.4 is 5.32 Å². The first-order valence-corrected chi connectivity index (χ1v) is 8.32. The maximum Gasteiger partial charge on any atom is 0.277 e. The third-order valence-electron chi connectivity index (χ3n) is 4.05. The Morgan fingerprint density at radius 2 is 1.96 bits per heavy atom. The number of aromatic amines is 1. The molecular weight excluding hydrogens is 352 g/mol. The van der Waals surface area contributed by atoms with Gasteiger partial charge in [0.25, 0.3) is 5.91 Å². The molecule has 26 heavy (non-hydrogen) atoms. The molecule has 0 aliphatic carbocycles. The summed E-state index contributed by atoms with van der Waals surface area (Å²) < 4.78 is 1.66. The summed E-state index contributed by atoms with van der Waals surface area (Å²) in [6.45, 7) is 1.89. The lowest BCUT2D eigenvalue weighted by Gasteiger charge is -2.00. The van der Waals surface area contributed by atoms with Gasteiger partial charge in [-0.1, -0.05) is 23.7 Å². The molecule has 0 atom stereocenters. The van der Waals surface area contributed by atoms with Crippen LogP contribution in [0.5, 0.6) is 0 Å². The molecule has 0 spiro atoms. The van der Waals surface area contributed by atoms with Crippen LogP contribution in [0.3, 0.4) is 0 Å². The molecule has 0 radical (unpaired) electrons. The molecule has 1 aromatic carbocycles. The normalized spacial score (nSPS) is 11.0. The zero-order valence-corrected chi connectivity index (χ0v) is 14.9. The lowest BCUT2D eigenvalue weighted by molar-refractivity contribution is 0.102. The van der Waals surface area contributed by atoms with Gasteiger partial charge >= 0.3 is 0 Å². The number of nitrogens with one attached hydrogen (secondary N) is 2. The van der Waals surface area contributed by atoms with Crippen molar-refractivity contribution in [1.29, 1.82) is 0 Å². The average molecular weight is 367 g/mol. The number of rotatable bonds is 3. The van der Waals surface area contributed by atoms with Gasteiger partial charge in [0.05, 0.1) is 11.1 Å². The van der Waals surface area contributed by atoms with Crippen molar-refractivity contribution < 1.29 is 4.79 Å². The molecule has 0 saturated heterocycles. The molecule has 3 heterocycles. The molecular formula is C18H15ClN6O. The highest BCUT2D eigenvalue weighted by molar-refractivity contribution is 6.30. The van der Waals surface area contributed by atoms with Crippen LogP contribution in [0.15, 0.2) is 42.5 Å². The van der Waals surface area contributed by atoms with Crippen LogP contribution in [0.1, 0.15) is 16.2 Å². The Morgan fingerprint density at radius 1 is 1.19 bits per heavy atom. The number of pyridine rings is 1. The van der Waals surface area contributed by atoms with E-state index in [4.69, 9.17) is 11.6 Å². The van der Waals surface area contributed by atoms with Crippen molar-refractivity contribution in [3.63, 3.8) is 0 Å². The van der Waals surface area contributed by atoms with E-state index in [1.54, 1.807) is 29.9 Å². The minimum absolute atomic E-state index is 0.300. The van der Waals surface area contributed by atoms with Crippen LogP contribution in [0.2, 0.25) is 5.02 Å². The number of carbonyl (C=O) groups is 1. The second-order valence-electron chi connectivity index (χ2n) is 5.92. The fourth-order valence-electron chi connectivity index (χ4n) is 2.74. The second-order valence-corrected chi connectivity index (χ2v) is 6.36. The van der Waals surface area contributed by atoms with E-state index in [0.717, 1.165) is 22.3 Å². The third-order valence-corrected chi connectivity index (χ3v) is 4.30. The lowest BCUT2D eigenvalue weighted by atomic mass is 10.1. The van der Waals surface area contributed by atoms with Crippen molar-refractivity contribution in [2.24, 2.45) is 7.05 Å². The Hall–Kier alpha value is -3.19. The van der Waals surface area contributed by atoms with Gasteiger partial charge in [0.2, 0.25) is 0 Å². The Bertz CT molecular complexity index is 1110. The third kappa shape index (κ3) is 2.93. The first-order valence-electron chi connectivity index (χ1n) is 7.94. The van der Waals surface area contributed by atoms with E-state index in [9.17, 15) is 4.79 Å². The highest BCUT2D eigenvalue weighted by atomic mass is 35.5. The molecule has 0 bridgehead atoms. The summed E-state index contributed by atoms with van der Waals surface area (Å²) in [7, 11) is 1.79. The summed E-state index contributed by atoms with van der Waals surface area (Å²) in [5.74, 6) is 0.0889. The number of benzene rings is 1. The quantitative estimate of drug-likeness (QED) is 0.580. The largest absolute Gasteiger partial charge is 0.303 e. The topological polar surface area (TPSA) is 88.5 Å². The lowest BCUT2D eigenvalue weighted by Crippen LogP contribution is -2.13. The molecule has 0 aliphatic rings. The second kappa shape index (κ2) is 6.27. The van der Waals surface area contributed by atoms with E-state index >= 15 is 0 Å². The molecule has 3 aromatic heterocycles. The van der Waals surface area contributed by atoms with Crippen molar-refractivity contribution in [2.75, 3.05) is 5.32 Å². The first kappa shape index (κ1) is 16.3. The predicted molar refractivity (Wildman–Crippen MR) is 100 cm³/mol. The maximum absolute atomic E-state index is 12.6. The average Bonchev–Trinajstić information content (AvgIpc) is 3.19.